The Morgan fingerprint density at radius 3 is 2.29 bits per heavy atom. The maximum Gasteiger partial charge on any atom is 0.276 e. The number of nitrogens with two attached hydrogens (primary N) is 2. The highest BCUT2D eigenvalue weighted by atomic mass is 32.2. The lowest BCUT2D eigenvalue weighted by molar-refractivity contribution is 0.261. The molecule has 6 heteroatoms. The largest absolute Gasteiger partial charge is 0.330 e. The van der Waals surface area contributed by atoms with Crippen LogP contribution in [-0.2, 0) is 10.2 Å². The van der Waals surface area contributed by atoms with Crippen molar-refractivity contribution in [2.24, 2.45) is 16.8 Å². The van der Waals surface area contributed by atoms with Crippen molar-refractivity contribution >= 4 is 10.2 Å². The summed E-state index contributed by atoms with van der Waals surface area (Å²) in [5.41, 5.74) is 5.42. The lowest BCUT2D eigenvalue weighted by Crippen LogP contribution is -2.42. The summed E-state index contributed by atoms with van der Waals surface area (Å²) in [6.45, 7) is 1.84. The molecule has 0 saturated carbocycles. The predicted molar refractivity (Wildman–Crippen MR) is 55.7 cm³/mol. The Morgan fingerprint density at radius 1 is 1.29 bits per heavy atom. The summed E-state index contributed by atoms with van der Waals surface area (Å²) in [6, 6.07) is 0. The molecule has 0 bridgehead atoms. The van der Waals surface area contributed by atoms with Crippen LogP contribution in [-0.4, -0.2) is 32.4 Å². The summed E-state index contributed by atoms with van der Waals surface area (Å²) in [7, 11) is -3.46. The maximum absolute atomic E-state index is 11.0. The molecule has 84 valence electrons. The van der Waals surface area contributed by atoms with E-state index in [1.165, 1.54) is 4.31 Å². The van der Waals surface area contributed by atoms with E-state index in [1.807, 2.05) is 0 Å². The first-order chi connectivity index (χ1) is 6.54. The third-order valence-corrected chi connectivity index (χ3v) is 3.83. The van der Waals surface area contributed by atoms with Crippen molar-refractivity contribution < 1.29 is 8.42 Å². The van der Waals surface area contributed by atoms with E-state index >= 15 is 0 Å². The Hall–Kier alpha value is -0.170. The van der Waals surface area contributed by atoms with E-state index < -0.39 is 10.2 Å². The van der Waals surface area contributed by atoms with E-state index in [9.17, 15) is 8.42 Å². The van der Waals surface area contributed by atoms with E-state index in [-0.39, 0.29) is 0 Å². The molecule has 0 amide bonds. The smallest absolute Gasteiger partial charge is 0.276 e. The lowest BCUT2D eigenvalue weighted by Gasteiger charge is -2.29. The Morgan fingerprint density at radius 2 is 1.86 bits per heavy atom. The molecule has 0 aromatic rings. The van der Waals surface area contributed by atoms with Gasteiger partial charge in [-0.3, -0.25) is 0 Å². The quantitative estimate of drug-likeness (QED) is 0.679. The van der Waals surface area contributed by atoms with Gasteiger partial charge in [0.2, 0.25) is 0 Å². The summed E-state index contributed by atoms with van der Waals surface area (Å²) in [6.07, 6.45) is 3.96. The number of piperidine rings is 1. The Kier molecular flexibility index (Phi) is 4.31. The van der Waals surface area contributed by atoms with Gasteiger partial charge in [0.1, 0.15) is 0 Å². The first-order valence-corrected chi connectivity index (χ1v) is 6.52. The molecule has 0 aliphatic carbocycles. The van der Waals surface area contributed by atoms with Gasteiger partial charge >= 0.3 is 0 Å². The van der Waals surface area contributed by atoms with Gasteiger partial charge in [0.25, 0.3) is 10.2 Å². The molecule has 4 N–H and O–H groups in total. The minimum absolute atomic E-state index is 0.564. The number of hydrogen-bond acceptors (Lipinski definition) is 3. The van der Waals surface area contributed by atoms with Gasteiger partial charge in [-0.25, -0.2) is 5.14 Å². The molecule has 14 heavy (non-hydrogen) atoms. The van der Waals surface area contributed by atoms with Gasteiger partial charge in [-0.05, 0) is 38.1 Å². The third kappa shape index (κ3) is 3.53. The van der Waals surface area contributed by atoms with Crippen LogP contribution < -0.4 is 10.9 Å². The van der Waals surface area contributed by atoms with Crippen molar-refractivity contribution in [2.75, 3.05) is 19.6 Å². The standard InChI is InChI=1S/C8H19N3O2S/c9-5-1-2-8-3-6-11(7-4-8)14(10,12)13/h8H,1-7,9H2,(H2,10,12,13). The molecule has 0 radical (unpaired) electrons. The van der Waals surface area contributed by atoms with Gasteiger partial charge < -0.3 is 5.73 Å². The zero-order valence-corrected chi connectivity index (χ0v) is 9.17. The predicted octanol–water partition coefficient (Wildman–Crippen LogP) is -0.359. The van der Waals surface area contributed by atoms with Gasteiger partial charge in [0.15, 0.2) is 0 Å². The molecule has 0 unspecified atom stereocenters. The second kappa shape index (κ2) is 5.06. The van der Waals surface area contributed by atoms with Crippen LogP contribution in [0.3, 0.4) is 0 Å². The van der Waals surface area contributed by atoms with Gasteiger partial charge in [0.05, 0.1) is 0 Å². The number of nitrogens with zero attached hydrogens (tertiary/aromatic N) is 1. The lowest BCUT2D eigenvalue weighted by atomic mass is 9.93. The molecular weight excluding hydrogens is 202 g/mol. The van der Waals surface area contributed by atoms with E-state index in [4.69, 9.17) is 10.9 Å². The van der Waals surface area contributed by atoms with E-state index in [0.717, 1.165) is 32.2 Å². The highest BCUT2D eigenvalue weighted by molar-refractivity contribution is 7.86. The van der Waals surface area contributed by atoms with Crippen molar-refractivity contribution in [3.05, 3.63) is 0 Å². The second-order valence-electron chi connectivity index (χ2n) is 3.82. The molecule has 0 aromatic carbocycles. The summed E-state index contributed by atoms with van der Waals surface area (Å²) in [5, 5.41) is 5.03. The van der Waals surface area contributed by atoms with Crippen LogP contribution in [0.4, 0.5) is 0 Å². The Labute approximate surface area is 85.6 Å². The zero-order chi connectivity index (χ0) is 10.6. The first-order valence-electron chi connectivity index (χ1n) is 5.02. The average Bonchev–Trinajstić information content (AvgIpc) is 2.14. The van der Waals surface area contributed by atoms with Crippen molar-refractivity contribution in [3.8, 4) is 0 Å². The summed E-state index contributed by atoms with van der Waals surface area (Å²) in [5.74, 6) is 0.622. The molecule has 1 saturated heterocycles. The summed E-state index contributed by atoms with van der Waals surface area (Å²) >= 11 is 0. The number of rotatable bonds is 4. The highest BCUT2D eigenvalue weighted by Gasteiger charge is 2.24. The molecule has 1 rings (SSSR count). The van der Waals surface area contributed by atoms with Crippen molar-refractivity contribution in [1.29, 1.82) is 0 Å². The van der Waals surface area contributed by atoms with Crippen molar-refractivity contribution in [2.45, 2.75) is 25.7 Å². The minimum Gasteiger partial charge on any atom is -0.330 e. The maximum atomic E-state index is 11.0. The molecule has 5 nitrogen and oxygen atoms in total. The molecule has 1 fully saturated rings. The van der Waals surface area contributed by atoms with Crippen LogP contribution in [0, 0.1) is 5.92 Å². The Balaban J connectivity index is 2.31. The minimum atomic E-state index is -3.46. The summed E-state index contributed by atoms with van der Waals surface area (Å²) in [4.78, 5) is 0. The molecular formula is C8H19N3O2S. The molecule has 1 heterocycles. The first kappa shape index (κ1) is 11.9. The van der Waals surface area contributed by atoms with Crippen LogP contribution >= 0.6 is 0 Å². The molecule has 1 aliphatic heterocycles. The van der Waals surface area contributed by atoms with Gasteiger partial charge in [-0.15, -0.1) is 0 Å². The topological polar surface area (TPSA) is 89.4 Å². The second-order valence-corrected chi connectivity index (χ2v) is 5.36. The third-order valence-electron chi connectivity index (χ3n) is 2.75. The summed E-state index contributed by atoms with van der Waals surface area (Å²) < 4.78 is 23.3. The normalized spacial score (nSPS) is 21.3. The monoisotopic (exact) mass is 221 g/mol. The van der Waals surface area contributed by atoms with E-state index in [1.54, 1.807) is 0 Å². The van der Waals surface area contributed by atoms with Crippen LogP contribution in [0.1, 0.15) is 25.7 Å². The fraction of sp³-hybridized carbons (Fsp3) is 1.00. The fourth-order valence-electron chi connectivity index (χ4n) is 1.86. The van der Waals surface area contributed by atoms with Gasteiger partial charge in [-0.1, -0.05) is 0 Å². The SMILES string of the molecule is NCCCC1CCN(S(N)(=O)=O)CC1. The fourth-order valence-corrected chi connectivity index (χ4v) is 2.58. The number of hydrogen-bond donors (Lipinski definition) is 2. The zero-order valence-electron chi connectivity index (χ0n) is 8.35. The van der Waals surface area contributed by atoms with Crippen LogP contribution in [0.5, 0.6) is 0 Å². The van der Waals surface area contributed by atoms with E-state index in [2.05, 4.69) is 0 Å². The highest BCUT2D eigenvalue weighted by Crippen LogP contribution is 2.22. The van der Waals surface area contributed by atoms with Crippen LogP contribution in [0.2, 0.25) is 0 Å². The van der Waals surface area contributed by atoms with Gasteiger partial charge in [0, 0.05) is 13.1 Å². The van der Waals surface area contributed by atoms with Gasteiger partial charge in [-0.2, -0.15) is 12.7 Å². The Bertz CT molecular complexity index is 258. The van der Waals surface area contributed by atoms with E-state index in [0.29, 0.717) is 19.0 Å². The molecule has 0 spiro atoms. The van der Waals surface area contributed by atoms with Crippen LogP contribution in [0.15, 0.2) is 0 Å². The molecule has 0 aromatic heterocycles. The van der Waals surface area contributed by atoms with Crippen LogP contribution in [0.25, 0.3) is 0 Å². The molecule has 0 atom stereocenters. The van der Waals surface area contributed by atoms with Crippen molar-refractivity contribution in [3.63, 3.8) is 0 Å². The molecule has 1 aliphatic rings. The average molecular weight is 221 g/mol. The van der Waals surface area contributed by atoms with Crippen molar-refractivity contribution in [1.82, 2.24) is 4.31 Å².